The molecular weight excluding hydrogens is 278 g/mol. The van der Waals surface area contributed by atoms with E-state index in [0.29, 0.717) is 12.5 Å². The highest BCUT2D eigenvalue weighted by atomic mass is 16.2. The zero-order chi connectivity index (χ0) is 16.5. The van der Waals surface area contributed by atoms with Gasteiger partial charge in [-0.2, -0.15) is 0 Å². The summed E-state index contributed by atoms with van der Waals surface area (Å²) in [5, 5.41) is 3.65. The van der Waals surface area contributed by atoms with E-state index in [-0.39, 0.29) is 35.2 Å². The van der Waals surface area contributed by atoms with Gasteiger partial charge in [-0.25, -0.2) is 0 Å². The lowest BCUT2D eigenvalue weighted by Crippen LogP contribution is -2.53. The van der Waals surface area contributed by atoms with Crippen LogP contribution in [0.3, 0.4) is 0 Å². The molecule has 2 aliphatic rings. The standard InChI is InChI=1S/C17H31N3O2/c1-11(21)9-12-10-13(19-17(2,3)4)5-6-15(12)20-8-7-14(18)16(20)22/h12-15,19H,5-10,18H2,1-4H3/t12?,13-,14+,15+/m1/s1. The van der Waals surface area contributed by atoms with Crippen LogP contribution in [-0.2, 0) is 9.59 Å². The van der Waals surface area contributed by atoms with Crippen LogP contribution in [-0.4, -0.2) is 46.8 Å². The molecule has 4 atom stereocenters. The predicted molar refractivity (Wildman–Crippen MR) is 87.4 cm³/mol. The molecular formula is C17H31N3O2. The fourth-order valence-corrected chi connectivity index (χ4v) is 4.04. The molecule has 0 radical (unpaired) electrons. The largest absolute Gasteiger partial charge is 0.338 e. The average molecular weight is 309 g/mol. The van der Waals surface area contributed by atoms with Crippen LogP contribution in [0.5, 0.6) is 0 Å². The maximum Gasteiger partial charge on any atom is 0.239 e. The number of rotatable bonds is 4. The highest BCUT2D eigenvalue weighted by Gasteiger charge is 2.41. The van der Waals surface area contributed by atoms with Gasteiger partial charge in [0.1, 0.15) is 5.78 Å². The smallest absolute Gasteiger partial charge is 0.239 e. The quantitative estimate of drug-likeness (QED) is 0.824. The van der Waals surface area contributed by atoms with Crippen LogP contribution in [0.2, 0.25) is 0 Å². The van der Waals surface area contributed by atoms with E-state index in [1.54, 1.807) is 6.92 Å². The van der Waals surface area contributed by atoms with E-state index in [0.717, 1.165) is 32.2 Å². The molecule has 0 aromatic rings. The van der Waals surface area contributed by atoms with Gasteiger partial charge in [-0.05, 0) is 59.3 Å². The van der Waals surface area contributed by atoms with Crippen molar-refractivity contribution in [3.8, 4) is 0 Å². The van der Waals surface area contributed by atoms with Crippen LogP contribution < -0.4 is 11.1 Å². The maximum atomic E-state index is 12.2. The third-order valence-corrected chi connectivity index (χ3v) is 4.81. The van der Waals surface area contributed by atoms with Crippen molar-refractivity contribution < 1.29 is 9.59 Å². The molecule has 0 bridgehead atoms. The van der Waals surface area contributed by atoms with Gasteiger partial charge in [0.15, 0.2) is 0 Å². The van der Waals surface area contributed by atoms with Crippen molar-refractivity contribution in [2.45, 2.75) is 83.5 Å². The van der Waals surface area contributed by atoms with E-state index >= 15 is 0 Å². The normalized spacial score (nSPS) is 33.3. The lowest BCUT2D eigenvalue weighted by molar-refractivity contribution is -0.133. The van der Waals surface area contributed by atoms with Crippen molar-refractivity contribution in [3.63, 3.8) is 0 Å². The lowest BCUT2D eigenvalue weighted by Gasteiger charge is -2.43. The first-order chi connectivity index (χ1) is 10.2. The molecule has 1 aliphatic heterocycles. The third kappa shape index (κ3) is 4.29. The van der Waals surface area contributed by atoms with Crippen LogP contribution in [0.4, 0.5) is 0 Å². The van der Waals surface area contributed by atoms with E-state index in [1.165, 1.54) is 0 Å². The molecule has 5 heteroatoms. The van der Waals surface area contributed by atoms with E-state index in [1.807, 2.05) is 4.90 Å². The number of amides is 1. The summed E-state index contributed by atoms with van der Waals surface area (Å²) in [6.07, 6.45) is 4.28. The minimum absolute atomic E-state index is 0.0702. The molecule has 1 unspecified atom stereocenters. The zero-order valence-corrected chi connectivity index (χ0v) is 14.4. The summed E-state index contributed by atoms with van der Waals surface area (Å²) in [6, 6.07) is 0.262. The van der Waals surface area contributed by atoms with Crippen molar-refractivity contribution in [1.82, 2.24) is 10.2 Å². The summed E-state index contributed by atoms with van der Waals surface area (Å²) in [4.78, 5) is 25.9. The lowest BCUT2D eigenvalue weighted by atomic mass is 9.77. The number of carbonyl (C=O) groups excluding carboxylic acids is 2. The summed E-state index contributed by atoms with van der Waals surface area (Å²) in [5.41, 5.74) is 5.94. The Labute approximate surface area is 134 Å². The van der Waals surface area contributed by atoms with Crippen molar-refractivity contribution in [2.75, 3.05) is 6.54 Å². The first-order valence-electron chi connectivity index (χ1n) is 8.50. The zero-order valence-electron chi connectivity index (χ0n) is 14.4. The number of hydrogen-bond donors (Lipinski definition) is 2. The summed E-state index contributed by atoms with van der Waals surface area (Å²) in [7, 11) is 0. The Morgan fingerprint density at radius 1 is 1.32 bits per heavy atom. The molecule has 0 aromatic heterocycles. The second-order valence-corrected chi connectivity index (χ2v) is 8.06. The fourth-order valence-electron chi connectivity index (χ4n) is 4.04. The van der Waals surface area contributed by atoms with Crippen LogP contribution >= 0.6 is 0 Å². The van der Waals surface area contributed by atoms with Gasteiger partial charge >= 0.3 is 0 Å². The van der Waals surface area contributed by atoms with Crippen LogP contribution in [0.1, 0.15) is 59.8 Å². The van der Waals surface area contributed by atoms with E-state index in [4.69, 9.17) is 5.73 Å². The minimum atomic E-state index is -0.344. The Balaban J connectivity index is 2.07. The predicted octanol–water partition coefficient (Wildman–Crippen LogP) is 1.45. The Kier molecular flexibility index (Phi) is 5.28. The van der Waals surface area contributed by atoms with Crippen molar-refractivity contribution in [3.05, 3.63) is 0 Å². The Morgan fingerprint density at radius 2 is 2.00 bits per heavy atom. The van der Waals surface area contributed by atoms with Gasteiger partial charge in [-0.1, -0.05) is 0 Å². The molecule has 1 saturated heterocycles. The van der Waals surface area contributed by atoms with E-state index in [2.05, 4.69) is 26.1 Å². The van der Waals surface area contributed by atoms with Gasteiger partial charge in [0.25, 0.3) is 0 Å². The molecule has 0 aromatic carbocycles. The number of nitrogens with zero attached hydrogens (tertiary/aromatic N) is 1. The van der Waals surface area contributed by atoms with Gasteiger partial charge in [-0.15, -0.1) is 0 Å². The molecule has 1 amide bonds. The van der Waals surface area contributed by atoms with Crippen molar-refractivity contribution in [1.29, 1.82) is 0 Å². The third-order valence-electron chi connectivity index (χ3n) is 4.81. The summed E-state index contributed by atoms with van der Waals surface area (Å²) in [6.45, 7) is 8.90. The van der Waals surface area contributed by atoms with Crippen LogP contribution in [0, 0.1) is 5.92 Å². The first kappa shape index (κ1) is 17.4. The van der Waals surface area contributed by atoms with Crippen LogP contribution in [0.25, 0.3) is 0 Å². The Hall–Kier alpha value is -0.940. The van der Waals surface area contributed by atoms with Gasteiger partial charge in [0.05, 0.1) is 6.04 Å². The Bertz CT molecular complexity index is 430. The molecule has 126 valence electrons. The summed E-state index contributed by atoms with van der Waals surface area (Å²) >= 11 is 0. The number of likely N-dealkylation sites (tertiary alicyclic amines) is 1. The molecule has 1 heterocycles. The molecule has 1 aliphatic carbocycles. The minimum Gasteiger partial charge on any atom is -0.338 e. The molecule has 1 saturated carbocycles. The topological polar surface area (TPSA) is 75.4 Å². The SMILES string of the molecule is CC(=O)CC1C[C@H](NC(C)(C)C)CC[C@@H]1N1CC[C@H](N)C1=O. The second kappa shape index (κ2) is 6.67. The van der Waals surface area contributed by atoms with Gasteiger partial charge in [0, 0.05) is 30.6 Å². The van der Waals surface area contributed by atoms with Crippen molar-refractivity contribution >= 4 is 11.7 Å². The van der Waals surface area contributed by atoms with Crippen molar-refractivity contribution in [2.24, 2.45) is 11.7 Å². The maximum absolute atomic E-state index is 12.2. The highest BCUT2D eigenvalue weighted by molar-refractivity contribution is 5.84. The molecule has 22 heavy (non-hydrogen) atoms. The molecule has 5 nitrogen and oxygen atoms in total. The fraction of sp³-hybridized carbons (Fsp3) is 0.882. The molecule has 3 N–H and O–H groups in total. The number of carbonyl (C=O) groups is 2. The number of Topliss-reactive ketones (excluding diaryl/α,β-unsaturated/α-hetero) is 1. The highest BCUT2D eigenvalue weighted by Crippen LogP contribution is 2.34. The molecule has 0 spiro atoms. The molecule has 2 rings (SSSR count). The number of hydrogen-bond acceptors (Lipinski definition) is 4. The van der Waals surface area contributed by atoms with E-state index in [9.17, 15) is 9.59 Å². The number of nitrogens with one attached hydrogen (secondary N) is 1. The summed E-state index contributed by atoms with van der Waals surface area (Å²) in [5.74, 6) is 0.531. The Morgan fingerprint density at radius 3 is 2.50 bits per heavy atom. The summed E-state index contributed by atoms with van der Waals surface area (Å²) < 4.78 is 0. The van der Waals surface area contributed by atoms with Gasteiger partial charge in [0.2, 0.25) is 5.91 Å². The first-order valence-corrected chi connectivity index (χ1v) is 8.50. The number of nitrogens with two attached hydrogens (primary N) is 1. The van der Waals surface area contributed by atoms with E-state index < -0.39 is 0 Å². The van der Waals surface area contributed by atoms with Gasteiger partial charge < -0.3 is 20.7 Å². The second-order valence-electron chi connectivity index (χ2n) is 8.06. The van der Waals surface area contributed by atoms with Crippen LogP contribution in [0.15, 0.2) is 0 Å². The average Bonchev–Trinajstić information content (AvgIpc) is 2.68. The number of ketones is 1. The van der Waals surface area contributed by atoms with Gasteiger partial charge in [-0.3, -0.25) is 4.79 Å². The molecule has 2 fully saturated rings. The monoisotopic (exact) mass is 309 g/mol.